The van der Waals surface area contributed by atoms with E-state index in [1.165, 1.54) is 88.2 Å². The van der Waals surface area contributed by atoms with E-state index in [4.69, 9.17) is 28.4 Å². The van der Waals surface area contributed by atoms with Crippen LogP contribution in [-0.2, 0) is 70.2 Å². The number of nitrogens with zero attached hydrogens (tertiary/aromatic N) is 4. The summed E-state index contributed by atoms with van der Waals surface area (Å²) in [6.07, 6.45) is 3.96. The number of hydrogen-bond donors (Lipinski definition) is 2. The number of ketones is 1. The van der Waals surface area contributed by atoms with Crippen LogP contribution in [0.25, 0.3) is 10.8 Å². The number of likely N-dealkylation sites (N-methyl/N-ethyl adjacent to an activating group) is 3. The molecule has 482 valence electrons. The van der Waals surface area contributed by atoms with Gasteiger partial charge in [-0.1, -0.05) is 86.5 Å². The molecule has 1 fully saturated rings. The predicted molar refractivity (Wildman–Crippen MR) is 330 cm³/mol. The molecule has 4 aromatic rings. The van der Waals surface area contributed by atoms with Crippen LogP contribution in [0.2, 0.25) is 0 Å². The minimum Gasteiger partial charge on any atom is -0.493 e. The van der Waals surface area contributed by atoms with Crippen LogP contribution in [0.15, 0.2) is 91.0 Å². The van der Waals surface area contributed by atoms with Gasteiger partial charge in [0.05, 0.1) is 38.4 Å². The maximum Gasteiger partial charge on any atom is 0.330 e. The van der Waals surface area contributed by atoms with Gasteiger partial charge in [0.2, 0.25) is 29.4 Å². The van der Waals surface area contributed by atoms with Crippen LogP contribution < -0.4 is 24.8 Å². The summed E-state index contributed by atoms with van der Waals surface area (Å²) in [6.45, 7) is 8.22. The molecule has 2 aliphatic rings. The molecule has 2 N–H and O–H groups in total. The number of carbonyl (C=O) groups excluding carboxylic acids is 9. The first-order valence-electron chi connectivity index (χ1n) is 30.2. The fourth-order valence-electron chi connectivity index (χ4n) is 10.4. The van der Waals surface area contributed by atoms with Gasteiger partial charge in [0.1, 0.15) is 36.9 Å². The Hall–Kier alpha value is -8.40. The molecule has 89 heavy (non-hydrogen) atoms. The molecular weight excluding hydrogens is 1150 g/mol. The minimum atomic E-state index is -1.55. The summed E-state index contributed by atoms with van der Waals surface area (Å²) in [4.78, 5) is 132. The molecule has 6 amide bonds. The number of nitrogens with one attached hydrogen (secondary N) is 2. The SMILES string of the molecule is CCCC[C@H]1C(=O)N[C@@H](Cc2ccc3ccccc3c2)C(=O)N(C)[C@@H](COC(C)(C)C)C(=O)NCC(=O)N(C)CCC=CC(=O)OCC(C)(C)C(=O)C(=O)N2CCCC[C@H]2C(=O)O[C@H](CCc2ccc(OC)c(OC)c2)c2cccc(c2F)OCC(=O)N1C. The van der Waals surface area contributed by atoms with Crippen molar-refractivity contribution in [1.82, 2.24) is 30.2 Å². The van der Waals surface area contributed by atoms with E-state index in [2.05, 4.69) is 10.6 Å². The maximum absolute atomic E-state index is 17.2. The number of esters is 2. The van der Waals surface area contributed by atoms with Gasteiger partial charge in [-0.25, -0.2) is 14.0 Å². The third-order valence-corrected chi connectivity index (χ3v) is 15.9. The van der Waals surface area contributed by atoms with Crippen LogP contribution >= 0.6 is 0 Å². The van der Waals surface area contributed by atoms with Crippen LogP contribution in [0.5, 0.6) is 17.2 Å². The van der Waals surface area contributed by atoms with E-state index in [-0.39, 0.29) is 69.5 Å². The van der Waals surface area contributed by atoms with Crippen molar-refractivity contribution in [3.63, 3.8) is 0 Å². The van der Waals surface area contributed by atoms with Crippen LogP contribution in [0.1, 0.15) is 116 Å². The van der Waals surface area contributed by atoms with E-state index >= 15 is 9.18 Å². The fourth-order valence-corrected chi connectivity index (χ4v) is 10.4. The first-order chi connectivity index (χ1) is 42.3. The molecule has 22 heteroatoms. The summed E-state index contributed by atoms with van der Waals surface area (Å²) < 4.78 is 51.8. The Morgan fingerprint density at radius 2 is 1.47 bits per heavy atom. The number of benzene rings is 4. The van der Waals surface area contributed by atoms with E-state index < -0.39 is 120 Å². The molecule has 0 aromatic heterocycles. The molecule has 0 unspecified atom stereocenters. The second kappa shape index (κ2) is 32.2. The highest BCUT2D eigenvalue weighted by molar-refractivity contribution is 6.38. The molecule has 6 rings (SSSR count). The number of unbranched alkanes of at least 4 members (excludes halogenated alkanes) is 1. The lowest BCUT2D eigenvalue weighted by molar-refractivity contribution is -0.165. The number of carbonyl (C=O) groups is 9. The average Bonchev–Trinajstić information content (AvgIpc) is 2.06. The molecule has 0 spiro atoms. The highest BCUT2D eigenvalue weighted by Gasteiger charge is 2.43. The second-order valence-corrected chi connectivity index (χ2v) is 24.2. The van der Waals surface area contributed by atoms with Gasteiger partial charge >= 0.3 is 11.9 Å². The van der Waals surface area contributed by atoms with Crippen molar-refractivity contribution in [2.24, 2.45) is 5.41 Å². The zero-order valence-corrected chi connectivity index (χ0v) is 53.2. The number of halogens is 1. The molecule has 4 aromatic carbocycles. The third-order valence-electron chi connectivity index (χ3n) is 15.9. The van der Waals surface area contributed by atoms with Crippen LogP contribution in [-0.4, -0.2) is 177 Å². The molecule has 2 heterocycles. The molecule has 0 saturated carbocycles. The number of rotatable bonds is 12. The summed E-state index contributed by atoms with van der Waals surface area (Å²) in [5.41, 5.74) is -1.05. The van der Waals surface area contributed by atoms with Crippen molar-refractivity contribution < 1.29 is 76.0 Å². The highest BCUT2D eigenvalue weighted by Crippen LogP contribution is 2.35. The topological polar surface area (TPSA) is 246 Å². The molecule has 0 aliphatic carbocycles. The zero-order valence-electron chi connectivity index (χ0n) is 53.2. The van der Waals surface area contributed by atoms with Crippen molar-refractivity contribution in [1.29, 1.82) is 0 Å². The molecule has 2 bridgehead atoms. The molecular formula is C67H87FN6O15. The summed E-state index contributed by atoms with van der Waals surface area (Å²) in [5.74, 6) is -7.40. The van der Waals surface area contributed by atoms with Gasteiger partial charge in [0.15, 0.2) is 29.7 Å². The largest absolute Gasteiger partial charge is 0.493 e. The van der Waals surface area contributed by atoms with Gasteiger partial charge in [-0.15, -0.1) is 0 Å². The normalized spacial score (nSPS) is 21.5. The zero-order chi connectivity index (χ0) is 65.2. The Morgan fingerprint density at radius 1 is 0.753 bits per heavy atom. The van der Waals surface area contributed by atoms with E-state index in [1.54, 1.807) is 39.0 Å². The van der Waals surface area contributed by atoms with Gasteiger partial charge in [-0.2, -0.15) is 0 Å². The Bertz CT molecular complexity index is 3220. The molecule has 1 saturated heterocycles. The number of aryl methyl sites for hydroxylation is 1. The maximum atomic E-state index is 17.2. The lowest BCUT2D eigenvalue weighted by Gasteiger charge is -2.36. The molecule has 5 atom stereocenters. The van der Waals surface area contributed by atoms with Crippen molar-refractivity contribution in [3.05, 3.63) is 114 Å². The van der Waals surface area contributed by atoms with Crippen LogP contribution in [0, 0.1) is 11.2 Å². The quantitative estimate of drug-likeness (QED) is 0.107. The Balaban J connectivity index is 1.37. The van der Waals surface area contributed by atoms with Crippen LogP contribution in [0.3, 0.4) is 0 Å². The lowest BCUT2D eigenvalue weighted by Crippen LogP contribution is -2.59. The number of piperidine rings is 1. The number of methoxy groups -OCH3 is 2. The highest BCUT2D eigenvalue weighted by atomic mass is 19.1. The second-order valence-electron chi connectivity index (χ2n) is 24.2. The summed E-state index contributed by atoms with van der Waals surface area (Å²) in [5, 5.41) is 7.38. The van der Waals surface area contributed by atoms with E-state index in [0.29, 0.717) is 48.3 Å². The number of Topliss-reactive ketones (excluding diaryl/α,β-unsaturated/α-hetero) is 1. The Morgan fingerprint density at radius 3 is 2.18 bits per heavy atom. The Kier molecular flexibility index (Phi) is 25.2. The van der Waals surface area contributed by atoms with Crippen molar-refractivity contribution in [2.45, 2.75) is 142 Å². The lowest BCUT2D eigenvalue weighted by atomic mass is 9.87. The number of cyclic esters (lactones) is 2. The minimum absolute atomic E-state index is 0.00253. The van der Waals surface area contributed by atoms with Crippen molar-refractivity contribution >= 4 is 63.9 Å². The first-order valence-corrected chi connectivity index (χ1v) is 30.2. The first kappa shape index (κ1) is 69.7. The van der Waals surface area contributed by atoms with E-state index in [9.17, 15) is 38.4 Å². The smallest absolute Gasteiger partial charge is 0.330 e. The standard InChI is InChI=1S/C67H87FN6O15/c1-12-13-24-49-62(80)70-48(37-44-28-31-45-21-14-15-22-46(45)36-44)63(81)73(9)51(40-88-66(2,3)4)61(79)69-39-56(75)71(7)34-18-17-27-58(77)87-42-67(5,6)60(78)64(82)74-35-19-16-25-50(74)65(83)89-52(32-29-43-30-33-53(84-10)55(38-43)85-11)47-23-20-26-54(59(47)68)86-41-57(76)72(49)8/h14-15,17,20-23,26-28,30-31,33,36,38,48-52H,12-13,16,18-19,24-25,29,32,34-35,37,39-42H2,1-11H3,(H,69,79)(H,70,80)/t48-,49-,50-,51-,52+/m0/s1. The van der Waals surface area contributed by atoms with Gasteiger partial charge in [-0.05, 0) is 120 Å². The number of hydrogen-bond acceptors (Lipinski definition) is 15. The number of ether oxygens (including phenoxy) is 6. The molecule has 2 aliphatic heterocycles. The summed E-state index contributed by atoms with van der Waals surface area (Å²) in [7, 11) is 7.29. The third kappa shape index (κ3) is 19.3. The summed E-state index contributed by atoms with van der Waals surface area (Å²) >= 11 is 0. The van der Waals surface area contributed by atoms with Crippen molar-refractivity contribution in [2.75, 3.05) is 74.8 Å². The fraction of sp³-hybridized carbons (Fsp3) is 0.507. The molecule has 21 nitrogen and oxygen atoms in total. The molecule has 0 radical (unpaired) electrons. The van der Waals surface area contributed by atoms with Gasteiger partial charge in [0, 0.05) is 52.3 Å². The number of fused-ring (bicyclic) bond motifs is 4. The van der Waals surface area contributed by atoms with Gasteiger partial charge in [0.25, 0.3) is 11.8 Å². The van der Waals surface area contributed by atoms with Crippen LogP contribution in [0.4, 0.5) is 4.39 Å². The summed E-state index contributed by atoms with van der Waals surface area (Å²) in [6, 6.07) is 17.6. The Labute approximate surface area is 520 Å². The number of amides is 6. The van der Waals surface area contributed by atoms with Crippen molar-refractivity contribution in [3.8, 4) is 17.2 Å². The van der Waals surface area contributed by atoms with Gasteiger partial charge < -0.3 is 58.7 Å². The average molecular weight is 1240 g/mol. The van der Waals surface area contributed by atoms with Gasteiger partial charge in [-0.3, -0.25) is 33.6 Å². The van der Waals surface area contributed by atoms with E-state index in [1.807, 2.05) is 49.4 Å². The monoisotopic (exact) mass is 1230 g/mol. The predicted octanol–water partition coefficient (Wildman–Crippen LogP) is 7.03. The van der Waals surface area contributed by atoms with E-state index in [0.717, 1.165) is 21.7 Å².